The first kappa shape index (κ1) is 11.1. The smallest absolute Gasteiger partial charge is 0.132 e. The molecule has 0 radical (unpaired) electrons. The number of aryl methyl sites for hydroxylation is 1. The Morgan fingerprint density at radius 3 is 2.87 bits per heavy atom. The molecule has 1 aliphatic rings. The summed E-state index contributed by atoms with van der Waals surface area (Å²) >= 11 is 1.68. The summed E-state index contributed by atoms with van der Waals surface area (Å²) < 4.78 is 0. The number of hydrogen-bond acceptors (Lipinski definition) is 4. The van der Waals surface area contributed by atoms with Crippen molar-refractivity contribution in [3.05, 3.63) is 21.9 Å². The highest BCUT2D eigenvalue weighted by Crippen LogP contribution is 2.19. The fourth-order valence-electron chi connectivity index (χ4n) is 1.92. The first-order chi connectivity index (χ1) is 7.25. The zero-order chi connectivity index (χ0) is 10.7. The summed E-state index contributed by atoms with van der Waals surface area (Å²) in [4.78, 5) is 1.25. The quantitative estimate of drug-likeness (QED) is 0.682. The molecule has 0 bridgehead atoms. The monoisotopic (exact) mass is 226 g/mol. The zero-order valence-corrected chi connectivity index (χ0v) is 9.81. The predicted molar refractivity (Wildman–Crippen MR) is 63.0 cm³/mol. The number of aliphatic hydroxyl groups excluding tert-OH is 1. The van der Waals surface area contributed by atoms with Crippen LogP contribution in [0.15, 0.2) is 11.4 Å². The van der Waals surface area contributed by atoms with Crippen molar-refractivity contribution in [1.29, 1.82) is 0 Å². The van der Waals surface area contributed by atoms with Gasteiger partial charge in [-0.2, -0.15) is 0 Å². The Balaban J connectivity index is 1.88. The second kappa shape index (κ2) is 5.07. The molecule has 84 valence electrons. The van der Waals surface area contributed by atoms with Crippen LogP contribution in [0.1, 0.15) is 29.5 Å². The van der Waals surface area contributed by atoms with Gasteiger partial charge in [-0.25, -0.2) is 0 Å². The van der Waals surface area contributed by atoms with Crippen LogP contribution in [-0.2, 0) is 0 Å². The first-order valence-corrected chi connectivity index (χ1v) is 6.33. The molecule has 1 atom stereocenters. The van der Waals surface area contributed by atoms with E-state index < -0.39 is 6.23 Å². The van der Waals surface area contributed by atoms with Crippen LogP contribution in [0, 0.1) is 6.92 Å². The maximum atomic E-state index is 9.96. The second-order valence-corrected chi connectivity index (χ2v) is 5.20. The molecule has 1 aromatic heterocycles. The van der Waals surface area contributed by atoms with Crippen molar-refractivity contribution in [3.8, 4) is 0 Å². The highest BCUT2D eigenvalue weighted by atomic mass is 32.1. The van der Waals surface area contributed by atoms with Crippen molar-refractivity contribution in [3.63, 3.8) is 0 Å². The van der Waals surface area contributed by atoms with Crippen molar-refractivity contribution in [1.82, 2.24) is 10.6 Å². The van der Waals surface area contributed by atoms with Gasteiger partial charge < -0.3 is 10.4 Å². The van der Waals surface area contributed by atoms with Gasteiger partial charge in [0.1, 0.15) is 6.23 Å². The van der Waals surface area contributed by atoms with Crippen LogP contribution >= 0.6 is 11.3 Å². The molecule has 15 heavy (non-hydrogen) atoms. The highest BCUT2D eigenvalue weighted by Gasteiger charge is 2.17. The molecule has 0 saturated carbocycles. The third-order valence-corrected chi connectivity index (χ3v) is 3.68. The molecule has 0 aliphatic carbocycles. The van der Waals surface area contributed by atoms with E-state index in [1.54, 1.807) is 11.3 Å². The Hall–Kier alpha value is -0.420. The Kier molecular flexibility index (Phi) is 3.75. The van der Waals surface area contributed by atoms with E-state index in [1.165, 1.54) is 4.88 Å². The van der Waals surface area contributed by atoms with E-state index in [9.17, 15) is 5.11 Å². The molecule has 2 rings (SSSR count). The number of thiophene rings is 1. The summed E-state index contributed by atoms with van der Waals surface area (Å²) in [5.74, 6) is 0. The molecule has 4 heteroatoms. The van der Waals surface area contributed by atoms with Crippen molar-refractivity contribution in [2.75, 3.05) is 13.1 Å². The predicted octanol–water partition coefficient (Wildman–Crippen LogP) is 1.39. The van der Waals surface area contributed by atoms with Gasteiger partial charge in [-0.1, -0.05) is 0 Å². The van der Waals surface area contributed by atoms with E-state index in [2.05, 4.69) is 17.6 Å². The summed E-state index contributed by atoms with van der Waals surface area (Å²) in [6.45, 7) is 4.16. The Morgan fingerprint density at radius 1 is 1.53 bits per heavy atom. The molecule has 0 spiro atoms. The van der Waals surface area contributed by atoms with E-state index in [1.807, 2.05) is 11.4 Å². The van der Waals surface area contributed by atoms with Crippen LogP contribution in [0.3, 0.4) is 0 Å². The molecular formula is C11H18N2OS. The van der Waals surface area contributed by atoms with E-state index in [0.29, 0.717) is 6.04 Å². The zero-order valence-electron chi connectivity index (χ0n) is 8.99. The van der Waals surface area contributed by atoms with Gasteiger partial charge >= 0.3 is 0 Å². The van der Waals surface area contributed by atoms with E-state index in [4.69, 9.17) is 0 Å². The number of nitrogens with one attached hydrogen (secondary N) is 2. The second-order valence-electron chi connectivity index (χ2n) is 4.08. The molecule has 3 nitrogen and oxygen atoms in total. The summed E-state index contributed by atoms with van der Waals surface area (Å²) in [5, 5.41) is 18.6. The maximum absolute atomic E-state index is 9.96. The Bertz CT molecular complexity index is 307. The fourth-order valence-corrected chi connectivity index (χ4v) is 2.64. The fraction of sp³-hybridized carbons (Fsp3) is 0.636. The molecule has 1 fully saturated rings. The number of piperidine rings is 1. The van der Waals surface area contributed by atoms with Gasteiger partial charge in [0.2, 0.25) is 0 Å². The molecule has 0 amide bonds. The van der Waals surface area contributed by atoms with Gasteiger partial charge in [-0.05, 0) is 44.3 Å². The molecule has 1 saturated heterocycles. The largest absolute Gasteiger partial charge is 0.374 e. The molecule has 1 aliphatic heterocycles. The van der Waals surface area contributed by atoms with Gasteiger partial charge in [0.05, 0.1) is 0 Å². The van der Waals surface area contributed by atoms with Crippen LogP contribution in [-0.4, -0.2) is 24.2 Å². The molecule has 3 N–H and O–H groups in total. The standard InChI is InChI=1S/C11H18N2OS/c1-8-6-9(7-15-8)11(14)13-10-2-4-12-5-3-10/h6-7,10-14H,2-5H2,1H3. The average molecular weight is 226 g/mol. The topological polar surface area (TPSA) is 44.3 Å². The Morgan fingerprint density at radius 2 is 2.27 bits per heavy atom. The van der Waals surface area contributed by atoms with Crippen LogP contribution < -0.4 is 10.6 Å². The van der Waals surface area contributed by atoms with Gasteiger partial charge in [0.15, 0.2) is 0 Å². The van der Waals surface area contributed by atoms with Crippen molar-refractivity contribution >= 4 is 11.3 Å². The lowest BCUT2D eigenvalue weighted by Crippen LogP contribution is -2.41. The lowest BCUT2D eigenvalue weighted by Gasteiger charge is -2.26. The summed E-state index contributed by atoms with van der Waals surface area (Å²) in [7, 11) is 0. The molecular weight excluding hydrogens is 208 g/mol. The van der Waals surface area contributed by atoms with Crippen LogP contribution in [0.25, 0.3) is 0 Å². The average Bonchev–Trinajstić information content (AvgIpc) is 2.66. The van der Waals surface area contributed by atoms with Gasteiger partial charge in [0, 0.05) is 16.5 Å². The van der Waals surface area contributed by atoms with Crippen molar-refractivity contribution in [2.45, 2.75) is 32.0 Å². The van der Waals surface area contributed by atoms with Crippen molar-refractivity contribution in [2.24, 2.45) is 0 Å². The van der Waals surface area contributed by atoms with Crippen LogP contribution in [0.4, 0.5) is 0 Å². The number of rotatable bonds is 3. The third kappa shape index (κ3) is 3.01. The third-order valence-electron chi connectivity index (χ3n) is 2.80. The summed E-state index contributed by atoms with van der Waals surface area (Å²) in [5.41, 5.74) is 0.996. The van der Waals surface area contributed by atoms with Crippen LogP contribution in [0.2, 0.25) is 0 Å². The minimum absolute atomic E-state index is 0.446. The highest BCUT2D eigenvalue weighted by molar-refractivity contribution is 7.10. The molecule has 2 heterocycles. The Labute approximate surface area is 94.5 Å². The normalized spacial score (nSPS) is 20.4. The lowest BCUT2D eigenvalue weighted by molar-refractivity contribution is 0.116. The lowest BCUT2D eigenvalue weighted by atomic mass is 10.1. The van der Waals surface area contributed by atoms with Gasteiger partial charge in [-0.15, -0.1) is 11.3 Å². The summed E-state index contributed by atoms with van der Waals surface area (Å²) in [6, 6.07) is 2.49. The SMILES string of the molecule is Cc1cc(C(O)NC2CCNCC2)cs1. The number of hydrogen-bond donors (Lipinski definition) is 3. The molecule has 1 unspecified atom stereocenters. The minimum Gasteiger partial charge on any atom is -0.374 e. The van der Waals surface area contributed by atoms with Gasteiger partial charge in [-0.3, -0.25) is 5.32 Å². The van der Waals surface area contributed by atoms with E-state index in [0.717, 1.165) is 31.5 Å². The molecule has 1 aromatic rings. The maximum Gasteiger partial charge on any atom is 0.132 e. The summed E-state index contributed by atoms with van der Waals surface area (Å²) in [6.07, 6.45) is 1.69. The van der Waals surface area contributed by atoms with Crippen LogP contribution in [0.5, 0.6) is 0 Å². The van der Waals surface area contributed by atoms with Gasteiger partial charge in [0.25, 0.3) is 0 Å². The first-order valence-electron chi connectivity index (χ1n) is 5.45. The molecule has 0 aromatic carbocycles. The number of aliphatic hydroxyl groups is 1. The van der Waals surface area contributed by atoms with E-state index >= 15 is 0 Å². The minimum atomic E-state index is -0.502. The van der Waals surface area contributed by atoms with Crippen molar-refractivity contribution < 1.29 is 5.11 Å². The van der Waals surface area contributed by atoms with E-state index in [-0.39, 0.29) is 0 Å².